The molecule has 7 heteroatoms. The maximum atomic E-state index is 5.20. The summed E-state index contributed by atoms with van der Waals surface area (Å²) < 4.78 is 5.20. The lowest BCUT2D eigenvalue weighted by Gasteiger charge is -2.37. The molecule has 0 aromatic carbocycles. The average molecular weight is 316 g/mol. The van der Waals surface area contributed by atoms with Crippen LogP contribution in [-0.2, 0) is 6.54 Å². The molecule has 3 heterocycles. The van der Waals surface area contributed by atoms with Crippen molar-refractivity contribution in [3.63, 3.8) is 0 Å². The molecule has 0 aliphatic carbocycles. The molecule has 1 saturated heterocycles. The number of nitrogens with zero attached hydrogens (tertiary/aromatic N) is 5. The minimum absolute atomic E-state index is 0.406. The van der Waals surface area contributed by atoms with Crippen molar-refractivity contribution in [2.45, 2.75) is 32.4 Å². The molecule has 2 aromatic heterocycles. The van der Waals surface area contributed by atoms with E-state index in [1.165, 1.54) is 12.0 Å². The first-order valence-corrected chi connectivity index (χ1v) is 7.98. The van der Waals surface area contributed by atoms with Gasteiger partial charge in [-0.25, -0.2) is 4.98 Å². The molecule has 1 aliphatic heterocycles. The standard InChI is InChI=1S/C16H24N6O/c1-12-13(9-18-20-12)10-22-8-4-5-14(11-22)21(2)16-17-7-6-15(19-16)23-3/h6-7,9,14H,4-5,8,10-11H2,1-3H3,(H,18,20). The molecule has 1 unspecified atom stereocenters. The second-order valence-electron chi connectivity index (χ2n) is 6.06. The Bertz CT molecular complexity index is 643. The summed E-state index contributed by atoms with van der Waals surface area (Å²) >= 11 is 0. The van der Waals surface area contributed by atoms with Gasteiger partial charge in [0.2, 0.25) is 11.8 Å². The zero-order valence-corrected chi connectivity index (χ0v) is 14.0. The molecule has 0 spiro atoms. The van der Waals surface area contributed by atoms with Crippen molar-refractivity contribution in [2.75, 3.05) is 32.1 Å². The number of likely N-dealkylation sites (N-methyl/N-ethyl adjacent to an activating group) is 1. The van der Waals surface area contributed by atoms with Crippen LogP contribution in [0.2, 0.25) is 0 Å². The molecule has 23 heavy (non-hydrogen) atoms. The van der Waals surface area contributed by atoms with E-state index in [1.54, 1.807) is 19.4 Å². The molecule has 0 bridgehead atoms. The van der Waals surface area contributed by atoms with Crippen molar-refractivity contribution in [1.29, 1.82) is 0 Å². The number of nitrogens with one attached hydrogen (secondary N) is 1. The molecule has 1 N–H and O–H groups in total. The first-order chi connectivity index (χ1) is 11.2. The molecule has 1 atom stereocenters. The van der Waals surface area contributed by atoms with Crippen LogP contribution in [0.4, 0.5) is 5.95 Å². The maximum Gasteiger partial charge on any atom is 0.228 e. The van der Waals surface area contributed by atoms with Gasteiger partial charge in [-0.15, -0.1) is 0 Å². The van der Waals surface area contributed by atoms with Gasteiger partial charge in [0.05, 0.1) is 13.3 Å². The number of anilines is 1. The zero-order valence-electron chi connectivity index (χ0n) is 14.0. The number of ether oxygens (including phenoxy) is 1. The Labute approximate surface area is 136 Å². The number of methoxy groups -OCH3 is 1. The molecule has 124 valence electrons. The SMILES string of the molecule is COc1ccnc(N(C)C2CCCN(Cc3cn[nH]c3C)C2)n1. The lowest BCUT2D eigenvalue weighted by Crippen LogP contribution is -2.46. The van der Waals surface area contributed by atoms with Gasteiger partial charge in [0.1, 0.15) is 0 Å². The quantitative estimate of drug-likeness (QED) is 0.904. The van der Waals surface area contributed by atoms with Crippen LogP contribution in [0.15, 0.2) is 18.5 Å². The summed E-state index contributed by atoms with van der Waals surface area (Å²) in [5.74, 6) is 1.32. The summed E-state index contributed by atoms with van der Waals surface area (Å²) in [5.41, 5.74) is 2.42. The van der Waals surface area contributed by atoms with E-state index in [4.69, 9.17) is 4.74 Å². The topological polar surface area (TPSA) is 70.2 Å². The van der Waals surface area contributed by atoms with Crippen LogP contribution in [0, 0.1) is 6.92 Å². The Morgan fingerprint density at radius 2 is 2.35 bits per heavy atom. The number of hydrogen-bond acceptors (Lipinski definition) is 6. The van der Waals surface area contributed by atoms with Crippen molar-refractivity contribution in [3.8, 4) is 5.88 Å². The molecule has 0 radical (unpaired) electrons. The third kappa shape index (κ3) is 3.61. The van der Waals surface area contributed by atoms with Gasteiger partial charge in [0.15, 0.2) is 0 Å². The van der Waals surface area contributed by atoms with Gasteiger partial charge < -0.3 is 9.64 Å². The first-order valence-electron chi connectivity index (χ1n) is 7.98. The Kier molecular flexibility index (Phi) is 4.76. The molecule has 3 rings (SSSR count). The van der Waals surface area contributed by atoms with E-state index in [0.717, 1.165) is 37.7 Å². The van der Waals surface area contributed by atoms with Crippen molar-refractivity contribution < 1.29 is 4.74 Å². The van der Waals surface area contributed by atoms with E-state index in [1.807, 2.05) is 6.20 Å². The third-order valence-electron chi connectivity index (χ3n) is 4.50. The molecule has 0 amide bonds. The normalized spacial score (nSPS) is 18.8. The van der Waals surface area contributed by atoms with Gasteiger partial charge in [0.25, 0.3) is 0 Å². The van der Waals surface area contributed by atoms with E-state index in [9.17, 15) is 0 Å². The summed E-state index contributed by atoms with van der Waals surface area (Å²) in [6.07, 6.45) is 5.99. The minimum Gasteiger partial charge on any atom is -0.481 e. The van der Waals surface area contributed by atoms with Crippen LogP contribution in [0.5, 0.6) is 5.88 Å². The van der Waals surface area contributed by atoms with E-state index in [0.29, 0.717) is 11.9 Å². The largest absolute Gasteiger partial charge is 0.481 e. The Balaban J connectivity index is 1.66. The number of aromatic amines is 1. The molecular weight excluding hydrogens is 292 g/mol. The molecular formula is C16H24N6O. The second kappa shape index (κ2) is 6.95. The van der Waals surface area contributed by atoms with E-state index in [-0.39, 0.29) is 0 Å². The third-order valence-corrected chi connectivity index (χ3v) is 4.50. The maximum absolute atomic E-state index is 5.20. The fourth-order valence-corrected chi connectivity index (χ4v) is 3.05. The highest BCUT2D eigenvalue weighted by Crippen LogP contribution is 2.21. The minimum atomic E-state index is 0.406. The zero-order chi connectivity index (χ0) is 16.2. The number of aromatic nitrogens is 4. The Morgan fingerprint density at radius 3 is 3.09 bits per heavy atom. The van der Waals surface area contributed by atoms with E-state index < -0.39 is 0 Å². The molecule has 7 nitrogen and oxygen atoms in total. The number of piperidine rings is 1. The molecule has 0 saturated carbocycles. The van der Waals surface area contributed by atoms with Crippen LogP contribution in [0.1, 0.15) is 24.1 Å². The van der Waals surface area contributed by atoms with Crippen molar-refractivity contribution in [1.82, 2.24) is 25.1 Å². The predicted octanol–water partition coefficient (Wildman–Crippen LogP) is 1.62. The second-order valence-corrected chi connectivity index (χ2v) is 6.06. The summed E-state index contributed by atoms with van der Waals surface area (Å²) in [6.45, 7) is 5.13. The molecule has 1 fully saturated rings. The number of H-pyrrole nitrogens is 1. The van der Waals surface area contributed by atoms with Crippen molar-refractivity contribution >= 4 is 5.95 Å². The first kappa shape index (κ1) is 15.7. The summed E-state index contributed by atoms with van der Waals surface area (Å²) in [6, 6.07) is 2.18. The Morgan fingerprint density at radius 1 is 1.48 bits per heavy atom. The van der Waals surface area contributed by atoms with Gasteiger partial charge in [-0.1, -0.05) is 0 Å². The predicted molar refractivity (Wildman–Crippen MR) is 88.6 cm³/mol. The number of hydrogen-bond donors (Lipinski definition) is 1. The monoisotopic (exact) mass is 316 g/mol. The van der Waals surface area contributed by atoms with Crippen LogP contribution in [-0.4, -0.2) is 58.4 Å². The summed E-state index contributed by atoms with van der Waals surface area (Å²) in [5, 5.41) is 7.12. The number of aryl methyl sites for hydroxylation is 1. The lowest BCUT2D eigenvalue weighted by atomic mass is 10.0. The van der Waals surface area contributed by atoms with Crippen LogP contribution in [0.25, 0.3) is 0 Å². The van der Waals surface area contributed by atoms with Crippen molar-refractivity contribution in [3.05, 3.63) is 29.7 Å². The average Bonchev–Trinajstić information content (AvgIpc) is 2.99. The molecule has 2 aromatic rings. The van der Waals surface area contributed by atoms with Gasteiger partial charge in [0, 0.05) is 49.7 Å². The number of likely N-dealkylation sites (tertiary alicyclic amines) is 1. The van der Waals surface area contributed by atoms with Crippen LogP contribution < -0.4 is 9.64 Å². The fraction of sp³-hybridized carbons (Fsp3) is 0.562. The Hall–Kier alpha value is -2.15. The number of rotatable bonds is 5. The van der Waals surface area contributed by atoms with Gasteiger partial charge in [-0.05, 0) is 26.3 Å². The highest BCUT2D eigenvalue weighted by molar-refractivity contribution is 5.32. The summed E-state index contributed by atoms with van der Waals surface area (Å²) in [7, 11) is 3.69. The molecule has 1 aliphatic rings. The fourth-order valence-electron chi connectivity index (χ4n) is 3.05. The summed E-state index contributed by atoms with van der Waals surface area (Å²) in [4.78, 5) is 13.5. The van der Waals surface area contributed by atoms with Crippen LogP contribution >= 0.6 is 0 Å². The van der Waals surface area contributed by atoms with Crippen molar-refractivity contribution in [2.24, 2.45) is 0 Å². The lowest BCUT2D eigenvalue weighted by molar-refractivity contribution is 0.197. The highest BCUT2D eigenvalue weighted by Gasteiger charge is 2.25. The van der Waals surface area contributed by atoms with Crippen LogP contribution in [0.3, 0.4) is 0 Å². The van der Waals surface area contributed by atoms with Gasteiger partial charge in [-0.3, -0.25) is 10.00 Å². The smallest absolute Gasteiger partial charge is 0.228 e. The highest BCUT2D eigenvalue weighted by atomic mass is 16.5. The van der Waals surface area contributed by atoms with Gasteiger partial charge >= 0.3 is 0 Å². The van der Waals surface area contributed by atoms with E-state index >= 15 is 0 Å². The van der Waals surface area contributed by atoms with E-state index in [2.05, 4.69) is 43.9 Å². The van der Waals surface area contributed by atoms with Gasteiger partial charge in [-0.2, -0.15) is 10.1 Å².